The van der Waals surface area contributed by atoms with E-state index in [0.29, 0.717) is 27.5 Å². The van der Waals surface area contributed by atoms with Crippen LogP contribution in [0.1, 0.15) is 16.1 Å². The fourth-order valence-electron chi connectivity index (χ4n) is 3.82. The number of amides is 1. The molecule has 0 spiro atoms. The summed E-state index contributed by atoms with van der Waals surface area (Å²) in [6, 6.07) is 12.7. The molecule has 1 aliphatic rings. The number of halogens is 2. The minimum atomic E-state index is -0.481. The first-order valence-electron chi connectivity index (χ1n) is 11.6. The first-order chi connectivity index (χ1) is 17.9. The van der Waals surface area contributed by atoms with Crippen LogP contribution in [0.15, 0.2) is 53.1 Å². The van der Waals surface area contributed by atoms with Crippen LogP contribution in [0.5, 0.6) is 0 Å². The van der Waals surface area contributed by atoms with E-state index in [1.165, 1.54) is 6.20 Å². The highest BCUT2D eigenvalue weighted by Gasteiger charge is 2.21. The number of rotatable bonds is 6. The smallest absolute Gasteiger partial charge is 0.302 e. The molecule has 2 aromatic carbocycles. The minimum Gasteiger partial charge on any atom is -0.418 e. The average Bonchev–Trinajstić information content (AvgIpc) is 3.35. The van der Waals surface area contributed by atoms with Crippen LogP contribution in [-0.2, 0) is 0 Å². The summed E-state index contributed by atoms with van der Waals surface area (Å²) in [7, 11) is 2.08. The predicted octanol–water partition coefficient (Wildman–Crippen LogP) is 4.89. The van der Waals surface area contributed by atoms with E-state index in [1.807, 2.05) is 31.2 Å². The van der Waals surface area contributed by atoms with Gasteiger partial charge >= 0.3 is 6.01 Å². The second kappa shape index (κ2) is 10.7. The van der Waals surface area contributed by atoms with Crippen LogP contribution in [0.4, 0.5) is 23.6 Å². The van der Waals surface area contributed by atoms with Gasteiger partial charge in [0.1, 0.15) is 0 Å². The maximum Gasteiger partial charge on any atom is 0.302 e. The van der Waals surface area contributed by atoms with Crippen molar-refractivity contribution in [3.63, 3.8) is 0 Å². The van der Waals surface area contributed by atoms with Crippen molar-refractivity contribution in [3.05, 3.63) is 70.0 Å². The summed E-state index contributed by atoms with van der Waals surface area (Å²) in [6.07, 6.45) is 1.32. The van der Waals surface area contributed by atoms with Gasteiger partial charge in [0, 0.05) is 36.8 Å². The number of anilines is 4. The summed E-state index contributed by atoms with van der Waals surface area (Å²) in [4.78, 5) is 35.1. The van der Waals surface area contributed by atoms with Gasteiger partial charge in [0.05, 0.1) is 16.9 Å². The summed E-state index contributed by atoms with van der Waals surface area (Å²) < 4.78 is 5.65. The Morgan fingerprint density at radius 1 is 1.03 bits per heavy atom. The van der Waals surface area contributed by atoms with E-state index in [4.69, 9.17) is 32.6 Å². The molecule has 10 nitrogen and oxygen atoms in total. The van der Waals surface area contributed by atoms with Gasteiger partial charge in [0.15, 0.2) is 5.82 Å². The lowest BCUT2D eigenvalue weighted by molar-refractivity contribution is 0.0997. The Morgan fingerprint density at radius 2 is 1.81 bits per heavy atom. The standard InChI is InChI=1S/C25H24Cl2N8O2/c1-15-5-3-8-18(27)20(15)29-22(36)19-14-28-25(37-19)33-23-30-21(16-6-4-7-17(26)13-16)31-24(32-23)35-11-9-34(2)10-12-35/h3-8,13-14H,9-12H2,1-2H3,(H,29,36)(H,28,30,31,32,33). The predicted molar refractivity (Wildman–Crippen MR) is 144 cm³/mol. The maximum atomic E-state index is 12.7. The summed E-state index contributed by atoms with van der Waals surface area (Å²) in [5.74, 6) is 0.733. The lowest BCUT2D eigenvalue weighted by Crippen LogP contribution is -2.45. The molecule has 37 heavy (non-hydrogen) atoms. The molecule has 0 unspecified atom stereocenters. The van der Waals surface area contributed by atoms with Crippen molar-refractivity contribution in [2.45, 2.75) is 6.92 Å². The highest BCUT2D eigenvalue weighted by Crippen LogP contribution is 2.27. The SMILES string of the molecule is Cc1cccc(Cl)c1NC(=O)c1cnc(Nc2nc(-c3cccc(Cl)c3)nc(N3CCN(C)CC3)n2)o1. The van der Waals surface area contributed by atoms with Crippen LogP contribution in [0.25, 0.3) is 11.4 Å². The monoisotopic (exact) mass is 538 g/mol. The Hall–Kier alpha value is -3.73. The number of piperazine rings is 1. The van der Waals surface area contributed by atoms with E-state index in [9.17, 15) is 4.79 Å². The van der Waals surface area contributed by atoms with Crippen LogP contribution in [-0.4, -0.2) is 64.0 Å². The summed E-state index contributed by atoms with van der Waals surface area (Å²) >= 11 is 12.4. The van der Waals surface area contributed by atoms with Gasteiger partial charge in [-0.05, 0) is 37.7 Å². The number of nitrogens with zero attached hydrogens (tertiary/aromatic N) is 6. The van der Waals surface area contributed by atoms with Crippen LogP contribution in [0.3, 0.4) is 0 Å². The van der Waals surface area contributed by atoms with Gasteiger partial charge in [0.2, 0.25) is 17.7 Å². The largest absolute Gasteiger partial charge is 0.418 e. The molecule has 0 saturated carbocycles. The van der Waals surface area contributed by atoms with Crippen molar-refractivity contribution in [1.29, 1.82) is 0 Å². The maximum absolute atomic E-state index is 12.7. The van der Waals surface area contributed by atoms with E-state index < -0.39 is 5.91 Å². The average molecular weight is 539 g/mol. The number of likely N-dealkylation sites (N-methyl/N-ethyl adjacent to an activating group) is 1. The zero-order valence-corrected chi connectivity index (χ0v) is 21.7. The van der Waals surface area contributed by atoms with Gasteiger partial charge in [-0.15, -0.1) is 0 Å². The van der Waals surface area contributed by atoms with Gasteiger partial charge in [-0.3, -0.25) is 10.1 Å². The zero-order chi connectivity index (χ0) is 25.9. The van der Waals surface area contributed by atoms with Crippen molar-refractivity contribution < 1.29 is 9.21 Å². The Balaban J connectivity index is 1.40. The van der Waals surface area contributed by atoms with Crippen molar-refractivity contribution in [2.75, 3.05) is 48.8 Å². The lowest BCUT2D eigenvalue weighted by Gasteiger charge is -2.32. The van der Waals surface area contributed by atoms with Gasteiger partial charge in [0.25, 0.3) is 5.91 Å². The Morgan fingerprint density at radius 3 is 2.57 bits per heavy atom. The van der Waals surface area contributed by atoms with E-state index in [2.05, 4.69) is 42.4 Å². The third kappa shape index (κ3) is 5.82. The molecule has 3 heterocycles. The van der Waals surface area contributed by atoms with Crippen LogP contribution >= 0.6 is 23.2 Å². The number of oxazole rings is 1. The first-order valence-corrected chi connectivity index (χ1v) is 12.4. The third-order valence-corrected chi connectivity index (χ3v) is 6.45. The Labute approximate surface area is 223 Å². The van der Waals surface area contributed by atoms with E-state index in [1.54, 1.807) is 18.2 Å². The molecule has 190 valence electrons. The summed E-state index contributed by atoms with van der Waals surface area (Å²) in [5.41, 5.74) is 2.09. The Bertz CT molecular complexity index is 1420. The molecule has 0 radical (unpaired) electrons. The number of nitrogens with one attached hydrogen (secondary N) is 2. The topological polar surface area (TPSA) is 112 Å². The van der Waals surface area contributed by atoms with Crippen molar-refractivity contribution in [2.24, 2.45) is 0 Å². The molecular weight excluding hydrogens is 515 g/mol. The van der Waals surface area contributed by atoms with Crippen LogP contribution in [0, 0.1) is 6.92 Å². The highest BCUT2D eigenvalue weighted by molar-refractivity contribution is 6.34. The number of hydrogen-bond donors (Lipinski definition) is 2. The molecule has 2 aromatic heterocycles. The van der Waals surface area contributed by atoms with E-state index >= 15 is 0 Å². The van der Waals surface area contributed by atoms with Gasteiger partial charge in [-0.1, -0.05) is 47.5 Å². The number of aromatic nitrogens is 4. The molecule has 1 amide bonds. The fourth-order valence-corrected chi connectivity index (χ4v) is 4.28. The number of carbonyl (C=O) groups excluding carboxylic acids is 1. The third-order valence-electron chi connectivity index (χ3n) is 5.90. The van der Waals surface area contributed by atoms with Crippen LogP contribution in [0.2, 0.25) is 10.0 Å². The van der Waals surface area contributed by atoms with E-state index in [0.717, 1.165) is 37.3 Å². The van der Waals surface area contributed by atoms with Gasteiger partial charge in [-0.2, -0.15) is 15.0 Å². The molecule has 0 bridgehead atoms. The molecule has 2 N–H and O–H groups in total. The zero-order valence-electron chi connectivity index (χ0n) is 20.2. The number of para-hydroxylation sites is 1. The molecular formula is C25H24Cl2N8O2. The molecule has 5 rings (SSSR count). The molecule has 4 aromatic rings. The minimum absolute atomic E-state index is 0.00484. The molecule has 1 saturated heterocycles. The highest BCUT2D eigenvalue weighted by atomic mass is 35.5. The Kier molecular flexibility index (Phi) is 7.22. The van der Waals surface area contributed by atoms with Crippen molar-refractivity contribution in [1.82, 2.24) is 24.8 Å². The number of benzene rings is 2. The molecule has 1 fully saturated rings. The van der Waals surface area contributed by atoms with Crippen LogP contribution < -0.4 is 15.5 Å². The van der Waals surface area contributed by atoms with Gasteiger partial charge < -0.3 is 19.5 Å². The van der Waals surface area contributed by atoms with E-state index in [-0.39, 0.29) is 17.7 Å². The second-order valence-corrected chi connectivity index (χ2v) is 9.47. The fraction of sp³-hybridized carbons (Fsp3) is 0.240. The molecule has 0 aliphatic carbocycles. The molecule has 12 heteroatoms. The number of carbonyl (C=O) groups is 1. The second-order valence-electron chi connectivity index (χ2n) is 8.62. The lowest BCUT2D eigenvalue weighted by atomic mass is 10.2. The number of hydrogen-bond acceptors (Lipinski definition) is 9. The molecule has 0 atom stereocenters. The summed E-state index contributed by atoms with van der Waals surface area (Å²) in [6.45, 7) is 5.19. The number of aryl methyl sites for hydroxylation is 1. The van der Waals surface area contributed by atoms with Crippen molar-refractivity contribution in [3.8, 4) is 11.4 Å². The normalized spacial score (nSPS) is 14.0. The summed E-state index contributed by atoms with van der Waals surface area (Å²) in [5, 5.41) is 6.74. The quantitative estimate of drug-likeness (QED) is 0.354. The van der Waals surface area contributed by atoms with Crippen molar-refractivity contribution >= 4 is 52.7 Å². The van der Waals surface area contributed by atoms with Gasteiger partial charge in [-0.25, -0.2) is 4.98 Å². The first kappa shape index (κ1) is 24.9. The molecule has 1 aliphatic heterocycles.